The van der Waals surface area contributed by atoms with Crippen LogP contribution in [0.2, 0.25) is 0 Å². The fraction of sp³-hybridized carbons (Fsp3) is 0.607. The minimum Gasteiger partial charge on any atom is -0.349 e. The highest BCUT2D eigenvalue weighted by molar-refractivity contribution is 5.92. The zero-order valence-corrected chi connectivity index (χ0v) is 24.3. The van der Waals surface area contributed by atoms with Gasteiger partial charge in [0.1, 0.15) is 5.69 Å². The molecule has 0 aliphatic heterocycles. The van der Waals surface area contributed by atoms with Gasteiger partial charge in [0.25, 0.3) is 5.91 Å². The van der Waals surface area contributed by atoms with Gasteiger partial charge in [0, 0.05) is 25.5 Å². The fourth-order valence-corrected chi connectivity index (χ4v) is 5.63. The van der Waals surface area contributed by atoms with E-state index in [0.29, 0.717) is 5.56 Å². The number of imidazole rings is 1. The molecule has 2 aliphatic carbocycles. The molecule has 46 heavy (non-hydrogen) atoms. The van der Waals surface area contributed by atoms with E-state index in [4.69, 9.17) is 0 Å². The Kier molecular flexibility index (Phi) is 9.56. The summed E-state index contributed by atoms with van der Waals surface area (Å²) in [5.74, 6) is -4.78. The van der Waals surface area contributed by atoms with E-state index in [1.165, 1.54) is 29.2 Å². The molecule has 0 spiro atoms. The molecule has 2 atom stereocenters. The first kappa shape index (κ1) is 33.5. The van der Waals surface area contributed by atoms with Crippen molar-refractivity contribution >= 4 is 17.5 Å². The van der Waals surface area contributed by atoms with Crippen LogP contribution in [-0.4, -0.2) is 61.3 Å². The predicted octanol–water partition coefficient (Wildman–Crippen LogP) is 5.67. The van der Waals surface area contributed by atoms with Gasteiger partial charge >= 0.3 is 12.5 Å². The summed E-state index contributed by atoms with van der Waals surface area (Å²) in [5.41, 5.74) is 1.03. The van der Waals surface area contributed by atoms with Crippen LogP contribution in [0.4, 0.5) is 35.1 Å². The van der Waals surface area contributed by atoms with E-state index in [2.05, 4.69) is 30.6 Å². The molecule has 2 saturated carbocycles. The summed E-state index contributed by atoms with van der Waals surface area (Å²) in [4.78, 5) is 30.3. The first-order chi connectivity index (χ1) is 21.6. The highest BCUT2D eigenvalue weighted by atomic mass is 19.4. The molecule has 0 radical (unpaired) electrons. The van der Waals surface area contributed by atoms with E-state index < -0.39 is 80.6 Å². The lowest BCUT2D eigenvalue weighted by atomic mass is 9.81. The van der Waals surface area contributed by atoms with Crippen molar-refractivity contribution in [1.29, 1.82) is 0 Å². The number of nitrogens with one attached hydrogen (secondary N) is 2. The van der Waals surface area contributed by atoms with Crippen molar-refractivity contribution in [3.8, 4) is 0 Å². The molecule has 0 saturated heterocycles. The van der Waals surface area contributed by atoms with Gasteiger partial charge in [0.2, 0.25) is 11.8 Å². The van der Waals surface area contributed by atoms with Crippen molar-refractivity contribution in [2.45, 2.75) is 88.5 Å². The van der Waals surface area contributed by atoms with Crippen LogP contribution in [0.15, 0.2) is 30.7 Å². The quantitative estimate of drug-likeness (QED) is 0.241. The SMILES string of the molecule is O=C(CCC(F)(F)F)N[C@@H](c1cnn2cc([C@@H](NC(=O)c3ccnn3CCOC(F)(F)F)C3CCC(F)(F)CC3)nc2c1)C1CC1. The number of carbonyl (C=O) groups is 2. The van der Waals surface area contributed by atoms with Gasteiger partial charge < -0.3 is 10.6 Å². The number of carbonyl (C=O) groups excluding carboxylic acids is 2. The number of alkyl halides is 8. The van der Waals surface area contributed by atoms with E-state index in [9.17, 15) is 44.7 Å². The molecule has 2 aliphatic rings. The van der Waals surface area contributed by atoms with Crippen LogP contribution in [0.5, 0.6) is 0 Å². The Hall–Kier alpha value is -3.83. The van der Waals surface area contributed by atoms with Gasteiger partial charge in [-0.1, -0.05) is 0 Å². The van der Waals surface area contributed by atoms with Gasteiger partial charge in [0.05, 0.1) is 49.7 Å². The zero-order chi connectivity index (χ0) is 33.3. The Bertz CT molecular complexity index is 1520. The summed E-state index contributed by atoms with van der Waals surface area (Å²) < 4.78 is 109. The number of rotatable bonds is 12. The second-order valence-electron chi connectivity index (χ2n) is 11.6. The zero-order valence-electron chi connectivity index (χ0n) is 24.3. The largest absolute Gasteiger partial charge is 0.522 e. The molecule has 10 nitrogen and oxygen atoms in total. The summed E-state index contributed by atoms with van der Waals surface area (Å²) in [6.45, 7) is -1.18. The molecule has 3 aromatic heterocycles. The van der Waals surface area contributed by atoms with Crippen LogP contribution in [0.25, 0.3) is 5.65 Å². The number of hydrogen-bond acceptors (Lipinski definition) is 6. The normalized spacial score (nSPS) is 18.8. The number of nitrogens with zero attached hydrogens (tertiary/aromatic N) is 5. The Labute approximate surface area is 256 Å². The van der Waals surface area contributed by atoms with Gasteiger partial charge in [0.15, 0.2) is 5.65 Å². The number of ether oxygens (including phenoxy) is 1. The van der Waals surface area contributed by atoms with Gasteiger partial charge in [-0.25, -0.2) is 18.3 Å². The molecule has 3 heterocycles. The maximum atomic E-state index is 14.0. The molecule has 0 bridgehead atoms. The Morgan fingerprint density at radius 2 is 1.70 bits per heavy atom. The number of aromatic nitrogens is 5. The molecule has 0 unspecified atom stereocenters. The molecule has 252 valence electrons. The van der Waals surface area contributed by atoms with Crippen molar-refractivity contribution in [2.75, 3.05) is 6.61 Å². The van der Waals surface area contributed by atoms with E-state index in [0.717, 1.165) is 17.5 Å². The lowest BCUT2D eigenvalue weighted by molar-refractivity contribution is -0.325. The van der Waals surface area contributed by atoms with Gasteiger partial charge in [-0.05, 0) is 55.2 Å². The molecular formula is C28H31F8N7O3. The Morgan fingerprint density at radius 1 is 1.00 bits per heavy atom. The van der Waals surface area contributed by atoms with Crippen molar-refractivity contribution < 1.29 is 49.4 Å². The third kappa shape index (κ3) is 8.91. The third-order valence-electron chi connectivity index (χ3n) is 8.12. The van der Waals surface area contributed by atoms with Crippen molar-refractivity contribution in [3.63, 3.8) is 0 Å². The molecule has 0 aromatic carbocycles. The summed E-state index contributed by atoms with van der Waals surface area (Å²) >= 11 is 0. The topological polar surface area (TPSA) is 115 Å². The van der Waals surface area contributed by atoms with Gasteiger partial charge in [-0.3, -0.25) is 19.0 Å². The average Bonchev–Trinajstić information content (AvgIpc) is 3.54. The van der Waals surface area contributed by atoms with Crippen LogP contribution < -0.4 is 10.6 Å². The van der Waals surface area contributed by atoms with Crippen molar-refractivity contribution in [3.05, 3.63) is 47.7 Å². The van der Waals surface area contributed by atoms with Crippen molar-refractivity contribution in [2.24, 2.45) is 11.8 Å². The Balaban J connectivity index is 1.37. The van der Waals surface area contributed by atoms with Crippen LogP contribution in [0, 0.1) is 11.8 Å². The predicted molar refractivity (Wildman–Crippen MR) is 143 cm³/mol. The smallest absolute Gasteiger partial charge is 0.349 e. The summed E-state index contributed by atoms with van der Waals surface area (Å²) in [6, 6.07) is 1.45. The first-order valence-corrected chi connectivity index (χ1v) is 14.7. The second kappa shape index (κ2) is 13.1. The monoisotopic (exact) mass is 665 g/mol. The minimum atomic E-state index is -4.86. The summed E-state index contributed by atoms with van der Waals surface area (Å²) in [5, 5.41) is 13.7. The van der Waals surface area contributed by atoms with Crippen LogP contribution in [0.1, 0.15) is 85.2 Å². The van der Waals surface area contributed by atoms with E-state index >= 15 is 0 Å². The summed E-state index contributed by atoms with van der Waals surface area (Å²) in [7, 11) is 0. The van der Waals surface area contributed by atoms with Crippen LogP contribution in [-0.2, 0) is 16.1 Å². The molecule has 3 aromatic rings. The van der Waals surface area contributed by atoms with E-state index in [1.54, 1.807) is 6.07 Å². The third-order valence-corrected chi connectivity index (χ3v) is 8.12. The number of halogens is 8. The summed E-state index contributed by atoms with van der Waals surface area (Å²) in [6.07, 6.45) is -6.30. The number of amides is 2. The standard InChI is InChI=1S/C28H31F8N7O3/c29-26(30)7-3-17(4-8-26)24(41-25(45)20-6-10-37-42(20)11-12-46-28(34,35)36)19-15-43-21(39-19)13-18(14-38-43)23(16-1-2-16)40-22(44)5-9-27(31,32)33/h6,10,13-17,23-24H,1-5,7-9,11-12H2,(H,40,44)(H,41,45)/t23-,24+/m1/s1. The van der Waals surface area contributed by atoms with Crippen LogP contribution >= 0.6 is 0 Å². The molecule has 2 N–H and O–H groups in total. The lowest BCUT2D eigenvalue weighted by Crippen LogP contribution is -2.38. The highest BCUT2D eigenvalue weighted by Crippen LogP contribution is 2.43. The fourth-order valence-electron chi connectivity index (χ4n) is 5.63. The number of hydrogen-bond donors (Lipinski definition) is 2. The minimum absolute atomic E-state index is 0.0100. The highest BCUT2D eigenvalue weighted by Gasteiger charge is 2.40. The molecular weight excluding hydrogens is 634 g/mol. The van der Waals surface area contributed by atoms with E-state index in [1.807, 2.05) is 0 Å². The lowest BCUT2D eigenvalue weighted by Gasteiger charge is -2.33. The second-order valence-corrected chi connectivity index (χ2v) is 11.6. The number of fused-ring (bicyclic) bond motifs is 1. The van der Waals surface area contributed by atoms with Gasteiger partial charge in [-0.2, -0.15) is 23.4 Å². The molecule has 2 fully saturated rings. The molecule has 2 amide bonds. The maximum Gasteiger partial charge on any atom is 0.522 e. The maximum absolute atomic E-state index is 14.0. The molecule has 18 heteroatoms. The molecule has 5 rings (SSSR count). The average molecular weight is 666 g/mol. The first-order valence-electron chi connectivity index (χ1n) is 14.7. The van der Waals surface area contributed by atoms with Gasteiger partial charge in [-0.15, -0.1) is 13.2 Å². The van der Waals surface area contributed by atoms with Crippen LogP contribution in [0.3, 0.4) is 0 Å². The van der Waals surface area contributed by atoms with Crippen molar-refractivity contribution in [1.82, 2.24) is 35.0 Å². The van der Waals surface area contributed by atoms with E-state index in [-0.39, 0.29) is 42.3 Å². The Morgan fingerprint density at radius 3 is 2.35 bits per heavy atom.